The summed E-state index contributed by atoms with van der Waals surface area (Å²) >= 11 is 0. The van der Waals surface area contributed by atoms with Crippen LogP contribution in [0.1, 0.15) is 46.3 Å². The van der Waals surface area contributed by atoms with Crippen LogP contribution in [0.4, 0.5) is 4.79 Å². The van der Waals surface area contributed by atoms with Gasteiger partial charge in [-0.25, -0.2) is 9.78 Å². The molecular weight excluding hydrogens is 582 g/mol. The second-order valence-corrected chi connectivity index (χ2v) is 10.7. The third kappa shape index (κ3) is 8.44. The van der Waals surface area contributed by atoms with Crippen molar-refractivity contribution >= 4 is 34.8 Å². The van der Waals surface area contributed by atoms with Gasteiger partial charge in [0.05, 0.1) is 17.5 Å². The zero-order chi connectivity index (χ0) is 32.3. The third-order valence-corrected chi connectivity index (χ3v) is 7.43. The second-order valence-electron chi connectivity index (χ2n) is 10.7. The van der Waals surface area contributed by atoms with Crippen molar-refractivity contribution in [1.29, 1.82) is 0 Å². The summed E-state index contributed by atoms with van der Waals surface area (Å²) in [5.74, 6) is -0.572. The van der Waals surface area contributed by atoms with Crippen LogP contribution in [0.3, 0.4) is 0 Å². The molecule has 0 saturated carbocycles. The van der Waals surface area contributed by atoms with E-state index < -0.39 is 12.1 Å². The number of fused-ring (bicyclic) bond motifs is 1. The van der Waals surface area contributed by atoms with Crippen molar-refractivity contribution in [2.24, 2.45) is 10.7 Å². The van der Waals surface area contributed by atoms with Crippen LogP contribution in [0, 0.1) is 0 Å². The number of aliphatic imine (C=N–C) groups is 1. The highest BCUT2D eigenvalue weighted by molar-refractivity contribution is 6.03. The van der Waals surface area contributed by atoms with E-state index in [4.69, 9.17) is 20.6 Å². The number of hydrogen-bond acceptors (Lipinski definition) is 5. The molecule has 0 spiro atoms. The minimum absolute atomic E-state index is 0.0385. The molecule has 1 aromatic heterocycles. The summed E-state index contributed by atoms with van der Waals surface area (Å²) in [7, 11) is 0. The Morgan fingerprint density at radius 2 is 1.52 bits per heavy atom. The Kier molecular flexibility index (Phi) is 10.5. The fourth-order valence-electron chi connectivity index (χ4n) is 5.05. The molecule has 10 nitrogen and oxygen atoms in total. The van der Waals surface area contributed by atoms with Crippen molar-refractivity contribution in [3.05, 3.63) is 125 Å². The maximum atomic E-state index is 12.7. The molecule has 4 N–H and O–H groups in total. The number of carboxylic acid groups (broad SMARTS) is 1. The molecule has 0 bridgehead atoms. The molecule has 4 aromatic carbocycles. The number of nitrogens with two attached hydrogens (primary N) is 1. The molecule has 0 atom stereocenters. The molecule has 0 fully saturated rings. The average Bonchev–Trinajstić information content (AvgIpc) is 3.44. The van der Waals surface area contributed by atoms with E-state index in [0.717, 1.165) is 41.7 Å². The van der Waals surface area contributed by atoms with Gasteiger partial charge in [-0.15, -0.1) is 0 Å². The van der Waals surface area contributed by atoms with E-state index in [1.54, 1.807) is 24.3 Å². The number of ether oxygens (including phenoxy) is 1. The predicted molar refractivity (Wildman–Crippen MR) is 176 cm³/mol. The molecule has 0 radical (unpaired) electrons. The second kappa shape index (κ2) is 15.3. The predicted octanol–water partition coefficient (Wildman–Crippen LogP) is 5.97. The van der Waals surface area contributed by atoms with E-state index in [2.05, 4.69) is 27.0 Å². The quantitative estimate of drug-likeness (QED) is 0.0837. The molecule has 10 heteroatoms. The highest BCUT2D eigenvalue weighted by atomic mass is 16.5. The van der Waals surface area contributed by atoms with Crippen LogP contribution in [-0.4, -0.2) is 45.0 Å². The van der Waals surface area contributed by atoms with Gasteiger partial charge in [0, 0.05) is 29.8 Å². The number of carbonyl (C=O) groups is 3. The number of amides is 2. The van der Waals surface area contributed by atoms with Gasteiger partial charge in [-0.2, -0.15) is 4.99 Å². The molecular formula is C36H35N5O5. The Bertz CT molecular complexity index is 1830. The van der Waals surface area contributed by atoms with Crippen LogP contribution in [0.25, 0.3) is 22.4 Å². The van der Waals surface area contributed by atoms with Crippen LogP contribution >= 0.6 is 0 Å². The number of imidazole rings is 1. The van der Waals surface area contributed by atoms with E-state index in [1.807, 2.05) is 66.7 Å². The Balaban J connectivity index is 1.34. The molecule has 0 aliphatic rings. The van der Waals surface area contributed by atoms with Gasteiger partial charge in [-0.1, -0.05) is 84.9 Å². The summed E-state index contributed by atoms with van der Waals surface area (Å²) < 4.78 is 7.36. The summed E-state index contributed by atoms with van der Waals surface area (Å²) in [6.45, 7) is 0.848. The maximum absolute atomic E-state index is 12.7. The number of aliphatic carboxylic acids is 1. The minimum atomic E-state index is -0.978. The zero-order valence-corrected chi connectivity index (χ0v) is 25.3. The van der Waals surface area contributed by atoms with Crippen LogP contribution < -0.4 is 11.1 Å². The normalized spacial score (nSPS) is 11.3. The van der Waals surface area contributed by atoms with Crippen LogP contribution in [0.15, 0.2) is 108 Å². The number of carbonyl (C=O) groups excluding carboxylic acids is 2. The third-order valence-electron chi connectivity index (χ3n) is 7.43. The number of rotatable bonds is 13. The van der Waals surface area contributed by atoms with E-state index in [-0.39, 0.29) is 31.3 Å². The number of carboxylic acids is 1. The number of unbranched alkanes of at least 4 members (excludes halogenated alkanes) is 1. The van der Waals surface area contributed by atoms with E-state index in [0.29, 0.717) is 23.2 Å². The van der Waals surface area contributed by atoms with Gasteiger partial charge in [0.15, 0.2) is 0 Å². The first kappa shape index (κ1) is 31.6. The standard InChI is InChI=1S/C36H35N5O5/c37-33(40-36(45)46-24-26-12-5-2-6-13-26)27-14-16-28(17-15-27)34-39-30-23-29(35(44)38-21-20-32(42)43)18-19-31(30)41(34)22-8-7-11-25-9-3-1-4-10-25/h1-6,9-10,12-19,23H,7-8,11,20-22,24H2,(H,38,44)(H,42,43)(H2,37,40,45). The first-order valence-electron chi connectivity index (χ1n) is 15.1. The Hall–Kier alpha value is -5.77. The van der Waals surface area contributed by atoms with Crippen molar-refractivity contribution in [2.45, 2.75) is 38.8 Å². The van der Waals surface area contributed by atoms with Crippen molar-refractivity contribution in [2.75, 3.05) is 6.54 Å². The van der Waals surface area contributed by atoms with Crippen LogP contribution in [0.2, 0.25) is 0 Å². The molecule has 0 unspecified atom stereocenters. The molecule has 1 heterocycles. The summed E-state index contributed by atoms with van der Waals surface area (Å²) in [6, 6.07) is 32.3. The molecule has 46 heavy (non-hydrogen) atoms. The fraction of sp³-hybridized carbons (Fsp3) is 0.194. The highest BCUT2D eigenvalue weighted by Gasteiger charge is 2.16. The average molecular weight is 618 g/mol. The molecule has 5 aromatic rings. The number of benzene rings is 4. The molecule has 0 aliphatic carbocycles. The van der Waals surface area contributed by atoms with Gasteiger partial charge in [0.2, 0.25) is 0 Å². The topological polar surface area (TPSA) is 149 Å². The monoisotopic (exact) mass is 617 g/mol. The molecule has 0 saturated heterocycles. The van der Waals surface area contributed by atoms with Gasteiger partial charge in [-0.05, 0) is 48.6 Å². The summed E-state index contributed by atoms with van der Waals surface area (Å²) in [6.07, 6.45) is 1.93. The number of amidine groups is 1. The number of hydrogen-bond donors (Lipinski definition) is 3. The van der Waals surface area contributed by atoms with Gasteiger partial charge in [0.1, 0.15) is 18.3 Å². The Labute approximate surface area is 266 Å². The lowest BCUT2D eigenvalue weighted by Gasteiger charge is -2.11. The van der Waals surface area contributed by atoms with Crippen molar-refractivity contribution in [3.63, 3.8) is 0 Å². The summed E-state index contributed by atoms with van der Waals surface area (Å²) in [5, 5.41) is 11.5. The lowest BCUT2D eigenvalue weighted by molar-refractivity contribution is -0.136. The lowest BCUT2D eigenvalue weighted by atomic mass is 10.1. The number of aromatic nitrogens is 2. The Morgan fingerprint density at radius 3 is 2.22 bits per heavy atom. The molecule has 2 amide bonds. The van der Waals surface area contributed by atoms with E-state index in [9.17, 15) is 14.4 Å². The lowest BCUT2D eigenvalue weighted by Crippen LogP contribution is -2.25. The minimum Gasteiger partial charge on any atom is -0.481 e. The largest absolute Gasteiger partial charge is 0.481 e. The van der Waals surface area contributed by atoms with Crippen molar-refractivity contribution in [1.82, 2.24) is 14.9 Å². The smallest absolute Gasteiger partial charge is 0.435 e. The molecule has 5 rings (SSSR count). The fourth-order valence-corrected chi connectivity index (χ4v) is 5.05. The van der Waals surface area contributed by atoms with Gasteiger partial charge in [-0.3, -0.25) is 9.59 Å². The Morgan fingerprint density at radius 1 is 0.848 bits per heavy atom. The molecule has 0 aliphatic heterocycles. The van der Waals surface area contributed by atoms with Gasteiger partial charge in [0.25, 0.3) is 5.91 Å². The number of aryl methyl sites for hydroxylation is 2. The van der Waals surface area contributed by atoms with E-state index >= 15 is 0 Å². The first-order chi connectivity index (χ1) is 22.4. The zero-order valence-electron chi connectivity index (χ0n) is 25.3. The highest BCUT2D eigenvalue weighted by Crippen LogP contribution is 2.27. The SMILES string of the molecule is NC(=NC(=O)OCc1ccccc1)c1ccc(-c2nc3cc(C(=O)NCCC(=O)O)ccc3n2CCCCc2ccccc2)cc1. The summed E-state index contributed by atoms with van der Waals surface area (Å²) in [5.41, 5.74) is 11.6. The number of nitrogens with one attached hydrogen (secondary N) is 1. The van der Waals surface area contributed by atoms with Gasteiger partial charge < -0.3 is 25.5 Å². The van der Waals surface area contributed by atoms with E-state index in [1.165, 1.54) is 5.56 Å². The maximum Gasteiger partial charge on any atom is 0.435 e. The first-order valence-corrected chi connectivity index (χ1v) is 15.1. The summed E-state index contributed by atoms with van der Waals surface area (Å²) in [4.78, 5) is 44.6. The van der Waals surface area contributed by atoms with Crippen molar-refractivity contribution < 1.29 is 24.2 Å². The van der Waals surface area contributed by atoms with Gasteiger partial charge >= 0.3 is 12.1 Å². The molecule has 234 valence electrons. The van der Waals surface area contributed by atoms with Crippen LogP contribution in [-0.2, 0) is 29.1 Å². The van der Waals surface area contributed by atoms with Crippen molar-refractivity contribution in [3.8, 4) is 11.4 Å². The van der Waals surface area contributed by atoms with Crippen LogP contribution in [0.5, 0.6) is 0 Å². The number of nitrogens with zero attached hydrogens (tertiary/aromatic N) is 3.